The normalized spacial score (nSPS) is 25.1. The second kappa shape index (κ2) is 4.07. The number of benzene rings is 1. The molecule has 0 bridgehead atoms. The van der Waals surface area contributed by atoms with Crippen LogP contribution >= 0.6 is 0 Å². The minimum atomic E-state index is -0.567. The summed E-state index contributed by atoms with van der Waals surface area (Å²) in [6.07, 6.45) is 0.814. The van der Waals surface area contributed by atoms with Crippen molar-refractivity contribution >= 4 is 5.69 Å². The Morgan fingerprint density at radius 2 is 2.19 bits per heavy atom. The Morgan fingerprint density at radius 1 is 1.44 bits per heavy atom. The summed E-state index contributed by atoms with van der Waals surface area (Å²) in [7, 11) is 0. The van der Waals surface area contributed by atoms with Crippen molar-refractivity contribution < 1.29 is 10.2 Å². The van der Waals surface area contributed by atoms with Gasteiger partial charge in [0.05, 0.1) is 12.2 Å². The molecule has 1 heterocycles. The Hall–Kier alpha value is -1.06. The molecule has 3 heteroatoms. The molecule has 0 radical (unpaired) electrons. The van der Waals surface area contributed by atoms with E-state index in [1.807, 2.05) is 32.0 Å². The SMILES string of the molecule is Cc1cc(CO)ccc1N1CCC(C)(O)C1. The fourth-order valence-electron chi connectivity index (χ4n) is 2.32. The molecule has 0 aromatic heterocycles. The highest BCUT2D eigenvalue weighted by Gasteiger charge is 2.31. The second-order valence-corrected chi connectivity index (χ2v) is 4.95. The van der Waals surface area contributed by atoms with Gasteiger partial charge in [0.25, 0.3) is 0 Å². The van der Waals surface area contributed by atoms with E-state index in [1.54, 1.807) is 0 Å². The van der Waals surface area contributed by atoms with E-state index in [2.05, 4.69) is 4.90 Å². The highest BCUT2D eigenvalue weighted by molar-refractivity contribution is 5.55. The molecule has 0 saturated carbocycles. The lowest BCUT2D eigenvalue weighted by Crippen LogP contribution is -2.29. The highest BCUT2D eigenvalue weighted by Crippen LogP contribution is 2.29. The summed E-state index contributed by atoms with van der Waals surface area (Å²) < 4.78 is 0. The van der Waals surface area contributed by atoms with E-state index in [-0.39, 0.29) is 6.61 Å². The maximum Gasteiger partial charge on any atom is 0.0810 e. The molecule has 0 amide bonds. The van der Waals surface area contributed by atoms with Crippen molar-refractivity contribution in [2.75, 3.05) is 18.0 Å². The lowest BCUT2D eigenvalue weighted by Gasteiger charge is -2.23. The second-order valence-electron chi connectivity index (χ2n) is 4.95. The van der Waals surface area contributed by atoms with Crippen molar-refractivity contribution in [3.05, 3.63) is 29.3 Å². The quantitative estimate of drug-likeness (QED) is 0.794. The van der Waals surface area contributed by atoms with Gasteiger partial charge in [-0.3, -0.25) is 0 Å². The molecule has 1 unspecified atom stereocenters. The maximum atomic E-state index is 9.94. The molecule has 1 aromatic rings. The predicted molar refractivity (Wildman–Crippen MR) is 64.6 cm³/mol. The third kappa shape index (κ3) is 2.20. The summed E-state index contributed by atoms with van der Waals surface area (Å²) in [6, 6.07) is 5.97. The molecule has 16 heavy (non-hydrogen) atoms. The molecule has 0 spiro atoms. The van der Waals surface area contributed by atoms with Crippen molar-refractivity contribution in [1.29, 1.82) is 0 Å². The molecule has 1 aliphatic rings. The predicted octanol–water partition coefficient (Wildman–Crippen LogP) is 1.45. The first-order chi connectivity index (χ1) is 7.52. The molecule has 3 nitrogen and oxygen atoms in total. The molecular formula is C13H19NO2. The van der Waals surface area contributed by atoms with Crippen molar-refractivity contribution in [1.82, 2.24) is 0 Å². The van der Waals surface area contributed by atoms with E-state index < -0.39 is 5.60 Å². The first kappa shape index (κ1) is 11.4. The lowest BCUT2D eigenvalue weighted by atomic mass is 10.1. The van der Waals surface area contributed by atoms with Crippen LogP contribution in [0.25, 0.3) is 0 Å². The van der Waals surface area contributed by atoms with Crippen molar-refractivity contribution in [3.63, 3.8) is 0 Å². The number of nitrogens with zero attached hydrogens (tertiary/aromatic N) is 1. The average molecular weight is 221 g/mol. The van der Waals surface area contributed by atoms with Gasteiger partial charge in [-0.1, -0.05) is 12.1 Å². The summed E-state index contributed by atoms with van der Waals surface area (Å²) >= 11 is 0. The third-order valence-electron chi connectivity index (χ3n) is 3.24. The summed E-state index contributed by atoms with van der Waals surface area (Å²) in [5.74, 6) is 0. The zero-order chi connectivity index (χ0) is 11.8. The largest absolute Gasteiger partial charge is 0.392 e. The number of aliphatic hydroxyl groups is 2. The van der Waals surface area contributed by atoms with Gasteiger partial charge in [-0.25, -0.2) is 0 Å². The van der Waals surface area contributed by atoms with Crippen LogP contribution in [0.3, 0.4) is 0 Å². The molecule has 1 atom stereocenters. The Labute approximate surface area is 96.3 Å². The van der Waals surface area contributed by atoms with Gasteiger partial charge in [0.15, 0.2) is 0 Å². The fraction of sp³-hybridized carbons (Fsp3) is 0.538. The van der Waals surface area contributed by atoms with Crippen molar-refractivity contribution in [2.45, 2.75) is 32.5 Å². The number of rotatable bonds is 2. The van der Waals surface area contributed by atoms with Crippen LogP contribution in [0.1, 0.15) is 24.5 Å². The Kier molecular flexibility index (Phi) is 2.91. The van der Waals surface area contributed by atoms with E-state index in [1.165, 1.54) is 0 Å². The van der Waals surface area contributed by atoms with Gasteiger partial charge in [0.2, 0.25) is 0 Å². The van der Waals surface area contributed by atoms with Crippen LogP contribution in [0.2, 0.25) is 0 Å². The van der Waals surface area contributed by atoms with Crippen LogP contribution in [-0.2, 0) is 6.61 Å². The van der Waals surface area contributed by atoms with Gasteiger partial charge >= 0.3 is 0 Å². The zero-order valence-electron chi connectivity index (χ0n) is 9.90. The highest BCUT2D eigenvalue weighted by atomic mass is 16.3. The molecular weight excluding hydrogens is 202 g/mol. The third-order valence-corrected chi connectivity index (χ3v) is 3.24. The molecule has 1 saturated heterocycles. The van der Waals surface area contributed by atoms with Crippen LogP contribution in [0, 0.1) is 6.92 Å². The van der Waals surface area contributed by atoms with Crippen LogP contribution in [0.5, 0.6) is 0 Å². The van der Waals surface area contributed by atoms with E-state index >= 15 is 0 Å². The van der Waals surface area contributed by atoms with E-state index in [9.17, 15) is 5.11 Å². The first-order valence-electron chi connectivity index (χ1n) is 5.69. The Morgan fingerprint density at radius 3 is 2.69 bits per heavy atom. The van der Waals surface area contributed by atoms with Gasteiger partial charge in [-0.05, 0) is 37.5 Å². The number of anilines is 1. The van der Waals surface area contributed by atoms with Crippen molar-refractivity contribution in [3.8, 4) is 0 Å². The summed E-state index contributed by atoms with van der Waals surface area (Å²) in [4.78, 5) is 2.20. The average Bonchev–Trinajstić information content (AvgIpc) is 2.58. The number of aryl methyl sites for hydroxylation is 1. The van der Waals surface area contributed by atoms with Gasteiger partial charge in [-0.15, -0.1) is 0 Å². The molecule has 0 aliphatic carbocycles. The molecule has 2 N–H and O–H groups in total. The van der Waals surface area contributed by atoms with Crippen LogP contribution < -0.4 is 4.90 Å². The minimum Gasteiger partial charge on any atom is -0.392 e. The van der Waals surface area contributed by atoms with Gasteiger partial charge in [0.1, 0.15) is 0 Å². The maximum absolute atomic E-state index is 9.94. The molecule has 2 rings (SSSR count). The molecule has 88 valence electrons. The van der Waals surface area contributed by atoms with Crippen LogP contribution in [-0.4, -0.2) is 28.9 Å². The van der Waals surface area contributed by atoms with Crippen LogP contribution in [0.15, 0.2) is 18.2 Å². The lowest BCUT2D eigenvalue weighted by molar-refractivity contribution is 0.0839. The topological polar surface area (TPSA) is 43.7 Å². The zero-order valence-corrected chi connectivity index (χ0v) is 9.90. The van der Waals surface area contributed by atoms with Crippen LogP contribution in [0.4, 0.5) is 5.69 Å². The summed E-state index contributed by atoms with van der Waals surface area (Å²) in [6.45, 7) is 5.59. The number of hydrogen-bond donors (Lipinski definition) is 2. The molecule has 1 aromatic carbocycles. The molecule has 1 fully saturated rings. The standard InChI is InChI=1S/C13H19NO2/c1-10-7-11(8-15)3-4-12(10)14-6-5-13(2,16)9-14/h3-4,7,15-16H,5-6,8-9H2,1-2H3. The molecule has 1 aliphatic heterocycles. The van der Waals surface area contributed by atoms with E-state index in [0.717, 1.165) is 29.8 Å². The smallest absolute Gasteiger partial charge is 0.0810 e. The minimum absolute atomic E-state index is 0.0822. The number of hydrogen-bond acceptors (Lipinski definition) is 3. The van der Waals surface area contributed by atoms with E-state index in [4.69, 9.17) is 5.11 Å². The van der Waals surface area contributed by atoms with Gasteiger partial charge in [-0.2, -0.15) is 0 Å². The summed E-state index contributed by atoms with van der Waals surface area (Å²) in [5, 5.41) is 19.0. The monoisotopic (exact) mass is 221 g/mol. The van der Waals surface area contributed by atoms with E-state index in [0.29, 0.717) is 6.54 Å². The van der Waals surface area contributed by atoms with Crippen molar-refractivity contribution in [2.24, 2.45) is 0 Å². The fourth-order valence-corrected chi connectivity index (χ4v) is 2.32. The number of β-amino-alcohol motifs (C(OH)–C–C–N with tert-alkyl or cyclic N) is 1. The van der Waals surface area contributed by atoms with Gasteiger partial charge < -0.3 is 15.1 Å². The van der Waals surface area contributed by atoms with Gasteiger partial charge in [0, 0.05) is 18.8 Å². The summed E-state index contributed by atoms with van der Waals surface area (Å²) in [5.41, 5.74) is 2.69. The number of aliphatic hydroxyl groups excluding tert-OH is 1. The Bertz CT molecular complexity index is 388. The Balaban J connectivity index is 2.22. The first-order valence-corrected chi connectivity index (χ1v) is 5.69.